The minimum atomic E-state index is -1.05. The monoisotopic (exact) mass is 551 g/mol. The van der Waals surface area contributed by atoms with Gasteiger partial charge in [-0.1, -0.05) is 60.7 Å². The van der Waals surface area contributed by atoms with Gasteiger partial charge in [-0.3, -0.25) is 9.59 Å². The van der Waals surface area contributed by atoms with Crippen LogP contribution in [0.4, 0.5) is 10.5 Å². The molecule has 0 aliphatic rings. The summed E-state index contributed by atoms with van der Waals surface area (Å²) in [6.07, 6.45) is 1.52. The smallest absolute Gasteiger partial charge is 0.408 e. The highest BCUT2D eigenvalue weighted by Crippen LogP contribution is 2.26. The van der Waals surface area contributed by atoms with Gasteiger partial charge in [0.15, 0.2) is 0 Å². The molecule has 0 aliphatic heterocycles. The van der Waals surface area contributed by atoms with Gasteiger partial charge in [0.05, 0.1) is 6.61 Å². The summed E-state index contributed by atoms with van der Waals surface area (Å²) >= 11 is 1.53. The van der Waals surface area contributed by atoms with Gasteiger partial charge in [-0.2, -0.15) is 11.8 Å². The molecule has 0 fully saturated rings. The lowest BCUT2D eigenvalue weighted by atomic mass is 10.0. The quantitative estimate of drug-likeness (QED) is 0.310. The SMILES string of the molecule is CSCCC(NC(=O)OC(C)(C)C)C(=O)N(CCO)C(C(=O)Nc1ccc2ccccc2c1)c1ccccc1. The van der Waals surface area contributed by atoms with E-state index >= 15 is 0 Å². The molecule has 3 aromatic carbocycles. The number of aliphatic hydroxyl groups is 1. The number of amides is 3. The standard InChI is InChI=1S/C30H37N3O5S/c1-30(2,3)38-29(37)32-25(16-19-39-4)28(36)33(17-18-34)26(22-11-6-5-7-12-22)27(35)31-24-15-14-21-10-8-9-13-23(21)20-24/h5-15,20,25-26,34H,16-19H2,1-4H3,(H,31,35)(H,32,37). The number of aliphatic hydroxyl groups excluding tert-OH is 1. The molecule has 0 radical (unpaired) electrons. The first-order valence-electron chi connectivity index (χ1n) is 12.9. The van der Waals surface area contributed by atoms with Crippen LogP contribution in [0.2, 0.25) is 0 Å². The van der Waals surface area contributed by atoms with Crippen molar-refractivity contribution in [2.75, 3.05) is 30.5 Å². The maximum absolute atomic E-state index is 13.9. The Morgan fingerprint density at radius 3 is 2.28 bits per heavy atom. The summed E-state index contributed by atoms with van der Waals surface area (Å²) in [5.41, 5.74) is 0.425. The van der Waals surface area contributed by atoms with Gasteiger partial charge in [0.25, 0.3) is 5.91 Å². The Hall–Kier alpha value is -3.56. The molecule has 8 nitrogen and oxygen atoms in total. The van der Waals surface area contributed by atoms with Crippen molar-refractivity contribution in [3.8, 4) is 0 Å². The summed E-state index contributed by atoms with van der Waals surface area (Å²) in [4.78, 5) is 41.7. The minimum Gasteiger partial charge on any atom is -0.444 e. The molecule has 3 amide bonds. The summed E-state index contributed by atoms with van der Waals surface area (Å²) < 4.78 is 5.39. The molecule has 39 heavy (non-hydrogen) atoms. The van der Waals surface area contributed by atoms with E-state index in [-0.39, 0.29) is 13.2 Å². The van der Waals surface area contributed by atoms with Crippen molar-refractivity contribution >= 4 is 46.1 Å². The van der Waals surface area contributed by atoms with Gasteiger partial charge in [0.2, 0.25) is 5.91 Å². The van der Waals surface area contributed by atoms with E-state index in [0.29, 0.717) is 23.4 Å². The first kappa shape index (κ1) is 30.0. The zero-order chi connectivity index (χ0) is 28.4. The summed E-state index contributed by atoms with van der Waals surface area (Å²) in [6.45, 7) is 4.76. The van der Waals surface area contributed by atoms with Crippen LogP contribution in [0.5, 0.6) is 0 Å². The second-order valence-electron chi connectivity index (χ2n) is 10.1. The second-order valence-corrected chi connectivity index (χ2v) is 11.1. The molecule has 0 heterocycles. The first-order valence-corrected chi connectivity index (χ1v) is 14.3. The van der Waals surface area contributed by atoms with Gasteiger partial charge in [-0.25, -0.2) is 4.79 Å². The van der Waals surface area contributed by atoms with Gasteiger partial charge in [0.1, 0.15) is 17.7 Å². The number of nitrogens with one attached hydrogen (secondary N) is 2. The Balaban J connectivity index is 1.95. The van der Waals surface area contributed by atoms with E-state index in [1.54, 1.807) is 45.0 Å². The highest BCUT2D eigenvalue weighted by atomic mass is 32.2. The van der Waals surface area contributed by atoms with Gasteiger partial charge in [-0.05, 0) is 67.7 Å². The van der Waals surface area contributed by atoms with Crippen molar-refractivity contribution < 1.29 is 24.2 Å². The van der Waals surface area contributed by atoms with Crippen molar-refractivity contribution in [3.63, 3.8) is 0 Å². The number of thioether (sulfide) groups is 1. The number of ether oxygens (including phenoxy) is 1. The highest BCUT2D eigenvalue weighted by molar-refractivity contribution is 7.98. The van der Waals surface area contributed by atoms with Gasteiger partial charge >= 0.3 is 6.09 Å². The van der Waals surface area contributed by atoms with Crippen molar-refractivity contribution in [1.82, 2.24) is 10.2 Å². The van der Waals surface area contributed by atoms with E-state index in [9.17, 15) is 19.5 Å². The number of nitrogens with zero attached hydrogens (tertiary/aromatic N) is 1. The van der Waals surface area contributed by atoms with Crippen molar-refractivity contribution in [1.29, 1.82) is 0 Å². The number of fused-ring (bicyclic) bond motifs is 1. The van der Waals surface area contributed by atoms with Crippen LogP contribution in [-0.4, -0.2) is 64.7 Å². The van der Waals surface area contributed by atoms with Crippen LogP contribution in [0.25, 0.3) is 10.8 Å². The molecule has 0 aromatic heterocycles. The summed E-state index contributed by atoms with van der Waals surface area (Å²) in [6, 6.07) is 20.4. The minimum absolute atomic E-state index is 0.102. The fourth-order valence-corrected chi connectivity index (χ4v) is 4.67. The van der Waals surface area contributed by atoms with Crippen LogP contribution >= 0.6 is 11.8 Å². The molecule has 3 rings (SSSR count). The molecule has 208 valence electrons. The summed E-state index contributed by atoms with van der Waals surface area (Å²) in [5.74, 6) is -0.316. The van der Waals surface area contributed by atoms with Crippen LogP contribution in [-0.2, 0) is 14.3 Å². The number of anilines is 1. The fraction of sp³-hybridized carbons (Fsp3) is 0.367. The molecular formula is C30H37N3O5S. The molecule has 0 saturated carbocycles. The largest absolute Gasteiger partial charge is 0.444 e. The predicted octanol–water partition coefficient (Wildman–Crippen LogP) is 4.99. The lowest BCUT2D eigenvalue weighted by molar-refractivity contribution is -0.141. The third kappa shape index (κ3) is 8.73. The Morgan fingerprint density at radius 2 is 1.64 bits per heavy atom. The lowest BCUT2D eigenvalue weighted by Gasteiger charge is -2.34. The number of carbonyl (C=O) groups excluding carboxylic acids is 3. The number of hydrogen-bond donors (Lipinski definition) is 3. The lowest BCUT2D eigenvalue weighted by Crippen LogP contribution is -2.53. The molecule has 0 bridgehead atoms. The molecule has 0 saturated heterocycles. The molecule has 9 heteroatoms. The summed E-state index contributed by atoms with van der Waals surface area (Å²) in [7, 11) is 0. The molecule has 2 atom stereocenters. The number of alkyl carbamates (subject to hydrolysis) is 1. The number of carbonyl (C=O) groups is 3. The van der Waals surface area contributed by atoms with E-state index in [2.05, 4.69) is 10.6 Å². The van der Waals surface area contributed by atoms with Crippen molar-refractivity contribution in [2.24, 2.45) is 0 Å². The van der Waals surface area contributed by atoms with E-state index in [1.807, 2.05) is 54.8 Å². The van der Waals surface area contributed by atoms with Crippen molar-refractivity contribution in [2.45, 2.75) is 44.9 Å². The summed E-state index contributed by atoms with van der Waals surface area (Å²) in [5, 5.41) is 17.6. The van der Waals surface area contributed by atoms with Crippen LogP contribution in [0.3, 0.4) is 0 Å². The second kappa shape index (κ2) is 14.0. The fourth-order valence-electron chi connectivity index (χ4n) is 4.20. The third-order valence-corrected chi connectivity index (χ3v) is 6.56. The van der Waals surface area contributed by atoms with E-state index in [1.165, 1.54) is 16.7 Å². The molecule has 0 spiro atoms. The van der Waals surface area contributed by atoms with Crippen LogP contribution in [0.15, 0.2) is 72.8 Å². The topological polar surface area (TPSA) is 108 Å². The van der Waals surface area contributed by atoms with Crippen molar-refractivity contribution in [3.05, 3.63) is 78.4 Å². The maximum Gasteiger partial charge on any atom is 0.408 e. The molecule has 3 aromatic rings. The van der Waals surface area contributed by atoms with Gasteiger partial charge < -0.3 is 25.4 Å². The van der Waals surface area contributed by atoms with E-state index < -0.39 is 35.6 Å². The van der Waals surface area contributed by atoms with Crippen LogP contribution in [0.1, 0.15) is 38.8 Å². The number of benzene rings is 3. The normalized spacial score (nSPS) is 12.8. The van der Waals surface area contributed by atoms with Gasteiger partial charge in [-0.15, -0.1) is 0 Å². The first-order chi connectivity index (χ1) is 18.6. The molecular weight excluding hydrogens is 514 g/mol. The molecule has 3 N–H and O–H groups in total. The zero-order valence-corrected chi connectivity index (χ0v) is 23.7. The third-order valence-electron chi connectivity index (χ3n) is 5.92. The van der Waals surface area contributed by atoms with Gasteiger partial charge in [0, 0.05) is 12.2 Å². The molecule has 0 aliphatic carbocycles. The molecule has 2 unspecified atom stereocenters. The van der Waals surface area contributed by atoms with E-state index in [0.717, 1.165) is 10.8 Å². The maximum atomic E-state index is 13.9. The van der Waals surface area contributed by atoms with Crippen LogP contribution in [0, 0.1) is 0 Å². The average Bonchev–Trinajstić information content (AvgIpc) is 2.90. The number of rotatable bonds is 11. The Labute approximate surface area is 234 Å². The van der Waals surface area contributed by atoms with E-state index in [4.69, 9.17) is 4.74 Å². The van der Waals surface area contributed by atoms with Crippen LogP contribution < -0.4 is 10.6 Å². The Bertz CT molecular complexity index is 1260. The highest BCUT2D eigenvalue weighted by Gasteiger charge is 2.36. The Morgan fingerprint density at radius 1 is 0.974 bits per heavy atom. The predicted molar refractivity (Wildman–Crippen MR) is 157 cm³/mol. The Kier molecular flexibility index (Phi) is 10.8. The zero-order valence-electron chi connectivity index (χ0n) is 22.8. The number of hydrogen-bond acceptors (Lipinski definition) is 6. The average molecular weight is 552 g/mol.